The summed E-state index contributed by atoms with van der Waals surface area (Å²) in [4.78, 5) is 11.7. The number of hydrogen-bond donors (Lipinski definition) is 1. The van der Waals surface area contributed by atoms with E-state index in [4.69, 9.17) is 4.74 Å². The molecule has 0 aliphatic carbocycles. The Morgan fingerprint density at radius 1 is 1.16 bits per heavy atom. The highest BCUT2D eigenvalue weighted by Crippen LogP contribution is 2.23. The van der Waals surface area contributed by atoms with Crippen LogP contribution in [0.15, 0.2) is 0 Å². The maximum atomic E-state index is 11.7. The van der Waals surface area contributed by atoms with Crippen LogP contribution in [0.1, 0.15) is 72.6 Å². The zero-order valence-corrected chi connectivity index (χ0v) is 13.6. The van der Waals surface area contributed by atoms with Crippen molar-refractivity contribution in [1.29, 1.82) is 0 Å². The molecule has 0 rings (SSSR count). The molecule has 19 heavy (non-hydrogen) atoms. The van der Waals surface area contributed by atoms with Crippen molar-refractivity contribution in [2.24, 2.45) is 5.41 Å². The first-order valence-corrected chi connectivity index (χ1v) is 7.78. The molecule has 1 unspecified atom stereocenters. The number of nitrogens with one attached hydrogen (secondary N) is 1. The Morgan fingerprint density at radius 3 is 2.32 bits per heavy atom. The van der Waals surface area contributed by atoms with Gasteiger partial charge in [-0.3, -0.25) is 4.79 Å². The molecule has 114 valence electrons. The number of ether oxygens (including phenoxy) is 1. The molecule has 0 aliphatic heterocycles. The van der Waals surface area contributed by atoms with E-state index >= 15 is 0 Å². The van der Waals surface area contributed by atoms with Gasteiger partial charge in [0.15, 0.2) is 0 Å². The van der Waals surface area contributed by atoms with E-state index in [-0.39, 0.29) is 17.4 Å². The Morgan fingerprint density at radius 2 is 1.79 bits per heavy atom. The van der Waals surface area contributed by atoms with Crippen LogP contribution in [0.3, 0.4) is 0 Å². The van der Waals surface area contributed by atoms with E-state index in [1.165, 1.54) is 32.8 Å². The fourth-order valence-corrected chi connectivity index (χ4v) is 2.20. The predicted molar refractivity (Wildman–Crippen MR) is 81.3 cm³/mol. The largest absolute Gasteiger partial charge is 0.468 e. The summed E-state index contributed by atoms with van der Waals surface area (Å²) in [5.41, 5.74) is 0.244. The molecule has 3 heteroatoms. The molecule has 1 atom stereocenters. The van der Waals surface area contributed by atoms with Crippen LogP contribution in [0.4, 0.5) is 0 Å². The van der Waals surface area contributed by atoms with Crippen LogP contribution in [0, 0.1) is 5.41 Å². The third kappa shape index (κ3) is 9.04. The number of carbonyl (C=O) groups excluding carboxylic acids is 1. The van der Waals surface area contributed by atoms with Crippen molar-refractivity contribution < 1.29 is 9.53 Å². The molecule has 0 heterocycles. The second kappa shape index (κ2) is 10.2. The van der Waals surface area contributed by atoms with Crippen LogP contribution in [-0.4, -0.2) is 25.7 Å². The second-order valence-corrected chi connectivity index (χ2v) is 6.22. The summed E-state index contributed by atoms with van der Waals surface area (Å²) in [7, 11) is 1.47. The highest BCUT2D eigenvalue weighted by molar-refractivity contribution is 5.75. The van der Waals surface area contributed by atoms with E-state index in [2.05, 4.69) is 33.0 Å². The first kappa shape index (κ1) is 18.4. The maximum Gasteiger partial charge on any atom is 0.322 e. The van der Waals surface area contributed by atoms with E-state index in [9.17, 15) is 4.79 Å². The third-order valence-electron chi connectivity index (χ3n) is 3.62. The third-order valence-corrected chi connectivity index (χ3v) is 3.62. The highest BCUT2D eigenvalue weighted by Gasteiger charge is 2.23. The van der Waals surface area contributed by atoms with Crippen molar-refractivity contribution in [3.8, 4) is 0 Å². The van der Waals surface area contributed by atoms with Gasteiger partial charge in [0.25, 0.3) is 0 Å². The molecule has 0 amide bonds. The van der Waals surface area contributed by atoms with Gasteiger partial charge in [0, 0.05) is 6.54 Å². The van der Waals surface area contributed by atoms with Gasteiger partial charge in [0.2, 0.25) is 0 Å². The molecule has 0 aliphatic rings. The Kier molecular flexibility index (Phi) is 9.94. The summed E-state index contributed by atoms with van der Waals surface area (Å²) in [6.07, 6.45) is 8.05. The van der Waals surface area contributed by atoms with Crippen LogP contribution >= 0.6 is 0 Å². The molecular weight excluding hydrogens is 238 g/mol. The van der Waals surface area contributed by atoms with E-state index in [0.717, 1.165) is 25.8 Å². The Hall–Kier alpha value is -0.570. The van der Waals surface area contributed by atoms with Gasteiger partial charge in [-0.2, -0.15) is 0 Å². The summed E-state index contributed by atoms with van der Waals surface area (Å²) in [5, 5.41) is 3.40. The predicted octanol–water partition coefficient (Wildman–Crippen LogP) is 3.91. The summed E-state index contributed by atoms with van der Waals surface area (Å²) < 4.78 is 4.87. The van der Waals surface area contributed by atoms with Crippen molar-refractivity contribution in [3.63, 3.8) is 0 Å². The monoisotopic (exact) mass is 271 g/mol. The van der Waals surface area contributed by atoms with Gasteiger partial charge in [-0.25, -0.2) is 0 Å². The van der Waals surface area contributed by atoms with Crippen LogP contribution in [0.25, 0.3) is 0 Å². The van der Waals surface area contributed by atoms with E-state index in [1.807, 2.05) is 0 Å². The summed E-state index contributed by atoms with van der Waals surface area (Å²) in [6.45, 7) is 9.78. The smallest absolute Gasteiger partial charge is 0.322 e. The van der Waals surface area contributed by atoms with Crippen LogP contribution in [0.2, 0.25) is 0 Å². The Labute approximate surface area is 119 Å². The lowest BCUT2D eigenvalue weighted by Gasteiger charge is -2.27. The van der Waals surface area contributed by atoms with Crippen molar-refractivity contribution in [1.82, 2.24) is 5.32 Å². The number of hydrogen-bond acceptors (Lipinski definition) is 3. The van der Waals surface area contributed by atoms with Crippen molar-refractivity contribution in [3.05, 3.63) is 0 Å². The molecule has 0 saturated heterocycles. The first-order valence-electron chi connectivity index (χ1n) is 7.78. The van der Waals surface area contributed by atoms with Gasteiger partial charge < -0.3 is 10.1 Å². The van der Waals surface area contributed by atoms with Crippen LogP contribution < -0.4 is 5.32 Å². The number of esters is 1. The fraction of sp³-hybridized carbons (Fsp3) is 0.938. The van der Waals surface area contributed by atoms with Gasteiger partial charge in [0.05, 0.1) is 7.11 Å². The molecule has 0 aromatic rings. The minimum atomic E-state index is -0.143. The standard InChI is InChI=1S/C16H33NO2/c1-6-8-10-12-16(3,4)13-17-14(11-9-7-2)15(18)19-5/h14,17H,6-13H2,1-5H3. The average molecular weight is 271 g/mol. The normalized spacial score (nSPS) is 13.3. The maximum absolute atomic E-state index is 11.7. The van der Waals surface area contributed by atoms with Crippen LogP contribution in [0.5, 0.6) is 0 Å². The van der Waals surface area contributed by atoms with E-state index in [1.54, 1.807) is 0 Å². The lowest BCUT2D eigenvalue weighted by molar-refractivity contribution is -0.143. The van der Waals surface area contributed by atoms with E-state index in [0.29, 0.717) is 0 Å². The van der Waals surface area contributed by atoms with Crippen molar-refractivity contribution in [2.75, 3.05) is 13.7 Å². The van der Waals surface area contributed by atoms with Crippen molar-refractivity contribution in [2.45, 2.75) is 78.7 Å². The molecule has 0 saturated carbocycles. The minimum Gasteiger partial charge on any atom is -0.468 e. The molecule has 0 spiro atoms. The Bertz CT molecular complexity index is 239. The minimum absolute atomic E-state index is 0.127. The summed E-state index contributed by atoms with van der Waals surface area (Å²) in [5.74, 6) is -0.127. The average Bonchev–Trinajstić information content (AvgIpc) is 2.38. The lowest BCUT2D eigenvalue weighted by atomic mass is 9.86. The van der Waals surface area contributed by atoms with Gasteiger partial charge in [-0.15, -0.1) is 0 Å². The highest BCUT2D eigenvalue weighted by atomic mass is 16.5. The SMILES string of the molecule is CCCCCC(C)(C)CNC(CCCC)C(=O)OC. The van der Waals surface area contributed by atoms with Crippen molar-refractivity contribution >= 4 is 5.97 Å². The molecule has 0 aromatic heterocycles. The molecule has 0 fully saturated rings. The van der Waals surface area contributed by atoms with Gasteiger partial charge in [-0.05, 0) is 18.3 Å². The number of carbonyl (C=O) groups is 1. The molecule has 0 aromatic carbocycles. The zero-order valence-electron chi connectivity index (χ0n) is 13.6. The van der Waals surface area contributed by atoms with Gasteiger partial charge in [-0.1, -0.05) is 59.8 Å². The van der Waals surface area contributed by atoms with Gasteiger partial charge in [0.1, 0.15) is 6.04 Å². The zero-order chi connectivity index (χ0) is 14.7. The van der Waals surface area contributed by atoms with Gasteiger partial charge >= 0.3 is 5.97 Å². The Balaban J connectivity index is 4.16. The summed E-state index contributed by atoms with van der Waals surface area (Å²) >= 11 is 0. The molecular formula is C16H33NO2. The lowest BCUT2D eigenvalue weighted by Crippen LogP contribution is -2.42. The molecule has 3 nitrogen and oxygen atoms in total. The van der Waals surface area contributed by atoms with Crippen LogP contribution in [-0.2, 0) is 9.53 Å². The molecule has 0 bridgehead atoms. The second-order valence-electron chi connectivity index (χ2n) is 6.22. The van der Waals surface area contributed by atoms with E-state index < -0.39 is 0 Å². The fourth-order valence-electron chi connectivity index (χ4n) is 2.20. The topological polar surface area (TPSA) is 38.3 Å². The number of methoxy groups -OCH3 is 1. The summed E-state index contributed by atoms with van der Waals surface area (Å²) in [6, 6.07) is -0.143. The number of unbranched alkanes of at least 4 members (excludes halogenated alkanes) is 3. The quantitative estimate of drug-likeness (QED) is 0.457. The molecule has 1 N–H and O–H groups in total. The number of rotatable bonds is 11. The first-order chi connectivity index (χ1) is 8.96. The molecule has 0 radical (unpaired) electrons.